The minimum absolute atomic E-state index is 0.0880. The Hall–Kier alpha value is -2.25. The fourth-order valence-electron chi connectivity index (χ4n) is 5.23. The number of benzene rings is 1. The molecule has 1 aromatic heterocycles. The lowest BCUT2D eigenvalue weighted by Gasteiger charge is -2.45. The van der Waals surface area contributed by atoms with Crippen LogP contribution < -0.4 is 5.56 Å². The molecule has 7 nitrogen and oxygen atoms in total. The highest BCUT2D eigenvalue weighted by atomic mass is 16.5. The average molecular weight is 427 g/mol. The summed E-state index contributed by atoms with van der Waals surface area (Å²) in [6, 6.07) is 7.93. The number of fused-ring (bicyclic) bond motifs is 2. The van der Waals surface area contributed by atoms with Gasteiger partial charge in [0.15, 0.2) is 0 Å². The Morgan fingerprint density at radius 1 is 1.19 bits per heavy atom. The van der Waals surface area contributed by atoms with Crippen molar-refractivity contribution in [3.05, 3.63) is 40.9 Å². The SMILES string of the molecule is COCCN(CC1CCCN2CCCCC12)C(=O)CCn1cnc2ccccc2c1=O. The van der Waals surface area contributed by atoms with E-state index in [4.69, 9.17) is 4.74 Å². The quantitative estimate of drug-likeness (QED) is 0.649. The highest BCUT2D eigenvalue weighted by molar-refractivity contribution is 5.77. The molecule has 0 bridgehead atoms. The van der Waals surface area contributed by atoms with E-state index in [-0.39, 0.29) is 11.5 Å². The van der Waals surface area contributed by atoms with Gasteiger partial charge >= 0.3 is 0 Å². The highest BCUT2D eigenvalue weighted by Crippen LogP contribution is 2.31. The predicted molar refractivity (Wildman–Crippen MR) is 121 cm³/mol. The average Bonchev–Trinajstić information content (AvgIpc) is 2.81. The van der Waals surface area contributed by atoms with Gasteiger partial charge in [0.05, 0.1) is 23.8 Å². The molecule has 31 heavy (non-hydrogen) atoms. The minimum atomic E-state index is -0.0908. The van der Waals surface area contributed by atoms with Crippen molar-refractivity contribution in [3.8, 4) is 0 Å². The molecule has 2 atom stereocenters. The number of aryl methyl sites for hydroxylation is 1. The van der Waals surface area contributed by atoms with E-state index in [0.29, 0.717) is 49.0 Å². The largest absolute Gasteiger partial charge is 0.383 e. The van der Waals surface area contributed by atoms with E-state index >= 15 is 0 Å². The molecule has 1 aromatic carbocycles. The van der Waals surface area contributed by atoms with Gasteiger partial charge in [0.1, 0.15) is 0 Å². The lowest BCUT2D eigenvalue weighted by atomic mass is 9.83. The van der Waals surface area contributed by atoms with Crippen LogP contribution in [0.15, 0.2) is 35.4 Å². The van der Waals surface area contributed by atoms with Crippen LogP contribution in [0.5, 0.6) is 0 Å². The number of hydrogen-bond acceptors (Lipinski definition) is 5. The molecule has 2 fully saturated rings. The van der Waals surface area contributed by atoms with E-state index in [1.54, 1.807) is 24.1 Å². The topological polar surface area (TPSA) is 67.7 Å². The Morgan fingerprint density at radius 3 is 2.90 bits per heavy atom. The van der Waals surface area contributed by atoms with Crippen molar-refractivity contribution < 1.29 is 9.53 Å². The number of carbonyl (C=O) groups excluding carboxylic acids is 1. The van der Waals surface area contributed by atoms with E-state index in [2.05, 4.69) is 9.88 Å². The summed E-state index contributed by atoms with van der Waals surface area (Å²) in [5.41, 5.74) is 0.595. The molecule has 2 aromatic rings. The first-order valence-corrected chi connectivity index (χ1v) is 11.6. The molecular formula is C24H34N4O3. The normalized spacial score (nSPS) is 21.7. The first-order valence-electron chi connectivity index (χ1n) is 11.6. The number of amides is 1. The predicted octanol–water partition coefficient (Wildman–Crippen LogP) is 2.53. The standard InChI is InChI=1S/C24H34N4O3/c1-31-16-15-27(17-19-7-6-13-26-12-5-4-10-22(19)26)23(29)11-14-28-18-25-21-9-3-2-8-20(21)24(28)30/h2-3,8-9,18-19,22H,4-7,10-17H2,1H3. The molecule has 0 aliphatic carbocycles. The van der Waals surface area contributed by atoms with Gasteiger partial charge in [0, 0.05) is 39.2 Å². The van der Waals surface area contributed by atoms with Crippen molar-refractivity contribution in [3.63, 3.8) is 0 Å². The molecular weight excluding hydrogens is 392 g/mol. The van der Waals surface area contributed by atoms with Gasteiger partial charge in [0.25, 0.3) is 5.56 Å². The van der Waals surface area contributed by atoms with Crippen LogP contribution in [0, 0.1) is 5.92 Å². The van der Waals surface area contributed by atoms with Crippen molar-refractivity contribution in [2.75, 3.05) is 39.9 Å². The Balaban J connectivity index is 1.42. The summed E-state index contributed by atoms with van der Waals surface area (Å²) in [6.45, 7) is 4.66. The molecule has 2 aliphatic rings. The second-order valence-electron chi connectivity index (χ2n) is 8.84. The van der Waals surface area contributed by atoms with Gasteiger partial charge in [-0.05, 0) is 56.8 Å². The van der Waals surface area contributed by atoms with Crippen LogP contribution in [-0.4, -0.2) is 71.2 Å². The van der Waals surface area contributed by atoms with Crippen molar-refractivity contribution in [1.29, 1.82) is 0 Å². The Bertz CT molecular complexity index is 942. The summed E-state index contributed by atoms with van der Waals surface area (Å²) in [4.78, 5) is 34.8. The van der Waals surface area contributed by atoms with Crippen LogP contribution in [0.4, 0.5) is 0 Å². The summed E-state index contributed by atoms with van der Waals surface area (Å²) in [7, 11) is 1.67. The third kappa shape index (κ3) is 5.15. The van der Waals surface area contributed by atoms with Crippen LogP contribution in [0.2, 0.25) is 0 Å². The number of ether oxygens (including phenoxy) is 1. The number of hydrogen-bond donors (Lipinski definition) is 0. The molecule has 0 N–H and O–H groups in total. The second kappa shape index (κ2) is 10.4. The fourth-order valence-corrected chi connectivity index (χ4v) is 5.23. The Morgan fingerprint density at radius 2 is 2.03 bits per heavy atom. The maximum Gasteiger partial charge on any atom is 0.261 e. The lowest BCUT2D eigenvalue weighted by molar-refractivity contribution is -0.133. The minimum Gasteiger partial charge on any atom is -0.383 e. The van der Waals surface area contributed by atoms with Gasteiger partial charge in [-0.25, -0.2) is 4.98 Å². The molecule has 0 radical (unpaired) electrons. The smallest absolute Gasteiger partial charge is 0.261 e. The first-order chi connectivity index (χ1) is 15.2. The van der Waals surface area contributed by atoms with E-state index in [1.807, 2.05) is 23.1 Å². The highest BCUT2D eigenvalue weighted by Gasteiger charge is 2.34. The van der Waals surface area contributed by atoms with E-state index in [1.165, 1.54) is 45.2 Å². The Labute approximate surface area is 184 Å². The number of methoxy groups -OCH3 is 1. The van der Waals surface area contributed by atoms with Crippen molar-refractivity contribution in [2.24, 2.45) is 5.92 Å². The van der Waals surface area contributed by atoms with Crippen molar-refractivity contribution in [1.82, 2.24) is 19.4 Å². The zero-order chi connectivity index (χ0) is 21.6. The van der Waals surface area contributed by atoms with Gasteiger partial charge < -0.3 is 14.5 Å². The van der Waals surface area contributed by atoms with E-state index in [0.717, 1.165) is 6.54 Å². The molecule has 0 spiro atoms. The number of carbonyl (C=O) groups is 1. The Kier molecular flexibility index (Phi) is 7.35. The molecule has 4 rings (SSSR count). The summed E-state index contributed by atoms with van der Waals surface area (Å²) in [5.74, 6) is 0.616. The van der Waals surface area contributed by atoms with Crippen LogP contribution in [0.25, 0.3) is 10.9 Å². The van der Waals surface area contributed by atoms with Gasteiger partial charge in [-0.3, -0.25) is 14.2 Å². The van der Waals surface area contributed by atoms with Gasteiger partial charge in [-0.1, -0.05) is 18.6 Å². The first kappa shape index (κ1) is 22.0. The summed E-state index contributed by atoms with van der Waals surface area (Å²) < 4.78 is 6.83. The number of nitrogens with zero attached hydrogens (tertiary/aromatic N) is 4. The molecule has 0 saturated carbocycles. The zero-order valence-electron chi connectivity index (χ0n) is 18.5. The second-order valence-corrected chi connectivity index (χ2v) is 8.84. The maximum atomic E-state index is 13.2. The summed E-state index contributed by atoms with van der Waals surface area (Å²) in [6.07, 6.45) is 8.08. The number of para-hydroxylation sites is 1. The summed E-state index contributed by atoms with van der Waals surface area (Å²) >= 11 is 0. The number of aromatic nitrogens is 2. The number of rotatable bonds is 8. The fraction of sp³-hybridized carbons (Fsp3) is 0.625. The third-order valence-corrected chi connectivity index (χ3v) is 6.90. The van der Waals surface area contributed by atoms with Crippen molar-refractivity contribution >= 4 is 16.8 Å². The van der Waals surface area contributed by atoms with Crippen LogP contribution in [0.1, 0.15) is 38.5 Å². The molecule has 2 unspecified atom stereocenters. The molecule has 168 valence electrons. The van der Waals surface area contributed by atoms with Crippen LogP contribution >= 0.6 is 0 Å². The molecule has 7 heteroatoms. The molecule has 3 heterocycles. The molecule has 1 amide bonds. The van der Waals surface area contributed by atoms with E-state index < -0.39 is 0 Å². The summed E-state index contributed by atoms with van der Waals surface area (Å²) in [5, 5.41) is 0.591. The third-order valence-electron chi connectivity index (χ3n) is 6.90. The van der Waals surface area contributed by atoms with Crippen LogP contribution in [-0.2, 0) is 16.1 Å². The van der Waals surface area contributed by atoms with Gasteiger partial charge in [-0.2, -0.15) is 0 Å². The van der Waals surface area contributed by atoms with E-state index in [9.17, 15) is 9.59 Å². The lowest BCUT2D eigenvalue weighted by Crippen LogP contribution is -2.52. The maximum absolute atomic E-state index is 13.2. The van der Waals surface area contributed by atoms with Crippen LogP contribution in [0.3, 0.4) is 0 Å². The monoisotopic (exact) mass is 426 g/mol. The van der Waals surface area contributed by atoms with Gasteiger partial charge in [0.2, 0.25) is 5.91 Å². The molecule has 2 saturated heterocycles. The number of piperidine rings is 2. The van der Waals surface area contributed by atoms with Gasteiger partial charge in [-0.15, -0.1) is 0 Å². The molecule has 2 aliphatic heterocycles. The zero-order valence-corrected chi connectivity index (χ0v) is 18.5. The van der Waals surface area contributed by atoms with Crippen molar-refractivity contribution in [2.45, 2.75) is 51.1 Å².